The van der Waals surface area contributed by atoms with Crippen LogP contribution >= 0.6 is 0 Å². The van der Waals surface area contributed by atoms with Crippen LogP contribution in [0.15, 0.2) is 30.9 Å². The molecule has 116 valence electrons. The van der Waals surface area contributed by atoms with E-state index in [1.807, 2.05) is 31.6 Å². The van der Waals surface area contributed by atoms with E-state index in [9.17, 15) is 4.79 Å². The summed E-state index contributed by atoms with van der Waals surface area (Å²) >= 11 is 0. The summed E-state index contributed by atoms with van der Waals surface area (Å²) in [6.45, 7) is 4.61. The van der Waals surface area contributed by atoms with E-state index in [-0.39, 0.29) is 5.78 Å². The molecule has 0 radical (unpaired) electrons. The van der Waals surface area contributed by atoms with Crippen molar-refractivity contribution in [3.63, 3.8) is 0 Å². The number of piperidine rings is 1. The molecule has 1 saturated heterocycles. The third kappa shape index (κ3) is 3.25. The maximum Gasteiger partial charge on any atom is 0.161 e. The first-order valence-corrected chi connectivity index (χ1v) is 7.78. The van der Waals surface area contributed by atoms with Gasteiger partial charge < -0.3 is 4.57 Å². The number of aryl methyl sites for hydroxylation is 1. The summed E-state index contributed by atoms with van der Waals surface area (Å²) in [7, 11) is 2.01. The van der Waals surface area contributed by atoms with Gasteiger partial charge in [-0.05, 0) is 38.4 Å². The van der Waals surface area contributed by atoms with Crippen LogP contribution in [-0.4, -0.2) is 38.3 Å². The number of rotatable bonds is 4. The summed E-state index contributed by atoms with van der Waals surface area (Å²) in [5.74, 6) is 0.601. The van der Waals surface area contributed by atoms with Crippen LogP contribution in [0.25, 0.3) is 0 Å². The molecule has 5 nitrogen and oxygen atoms in total. The molecule has 0 amide bonds. The number of Topliss-reactive ketones (excluding diaryl/α,β-unsaturated/α-hetero) is 1. The van der Waals surface area contributed by atoms with Gasteiger partial charge in [-0.2, -0.15) is 0 Å². The van der Waals surface area contributed by atoms with Crippen LogP contribution in [-0.2, 0) is 13.6 Å². The highest BCUT2D eigenvalue weighted by molar-refractivity contribution is 5.94. The van der Waals surface area contributed by atoms with Crippen LogP contribution in [0, 0.1) is 0 Å². The minimum absolute atomic E-state index is 0.124. The van der Waals surface area contributed by atoms with Crippen LogP contribution in [0.1, 0.15) is 47.4 Å². The number of hydrogen-bond acceptors (Lipinski definition) is 4. The Morgan fingerprint density at radius 2 is 2.32 bits per heavy atom. The summed E-state index contributed by atoms with van der Waals surface area (Å²) < 4.78 is 2.06. The van der Waals surface area contributed by atoms with E-state index in [1.165, 1.54) is 18.5 Å². The van der Waals surface area contributed by atoms with Crippen LogP contribution in [0.3, 0.4) is 0 Å². The summed E-state index contributed by atoms with van der Waals surface area (Å²) in [6, 6.07) is 4.03. The Bertz CT molecular complexity index is 650. The van der Waals surface area contributed by atoms with Gasteiger partial charge in [0.05, 0.1) is 0 Å². The summed E-state index contributed by atoms with van der Waals surface area (Å²) in [5.41, 5.74) is 3.12. The van der Waals surface area contributed by atoms with Crippen LogP contribution < -0.4 is 0 Å². The van der Waals surface area contributed by atoms with E-state index in [4.69, 9.17) is 0 Å². The minimum Gasteiger partial charge on any atom is -0.353 e. The first kappa shape index (κ1) is 14.9. The Morgan fingerprint density at radius 3 is 3.00 bits per heavy atom. The number of nitrogens with zero attached hydrogens (tertiary/aromatic N) is 4. The topological polar surface area (TPSA) is 51.0 Å². The van der Waals surface area contributed by atoms with Gasteiger partial charge in [0.2, 0.25) is 0 Å². The van der Waals surface area contributed by atoms with E-state index in [2.05, 4.69) is 19.4 Å². The highest BCUT2D eigenvalue weighted by atomic mass is 16.1. The molecule has 0 saturated carbocycles. The number of hydrogen-bond donors (Lipinski definition) is 0. The molecule has 1 aliphatic rings. The largest absolute Gasteiger partial charge is 0.353 e. The Morgan fingerprint density at radius 1 is 1.45 bits per heavy atom. The minimum atomic E-state index is 0.124. The molecule has 1 aliphatic heterocycles. The van der Waals surface area contributed by atoms with E-state index in [1.54, 1.807) is 13.3 Å². The van der Waals surface area contributed by atoms with Crippen molar-refractivity contribution in [3.8, 4) is 0 Å². The smallest absolute Gasteiger partial charge is 0.161 e. The molecule has 22 heavy (non-hydrogen) atoms. The highest BCUT2D eigenvalue weighted by Crippen LogP contribution is 2.26. The molecule has 5 heteroatoms. The van der Waals surface area contributed by atoms with Crippen molar-refractivity contribution in [2.24, 2.45) is 7.05 Å². The fourth-order valence-corrected chi connectivity index (χ4v) is 3.17. The third-order valence-electron chi connectivity index (χ3n) is 4.43. The molecule has 3 heterocycles. The second-order valence-electron chi connectivity index (χ2n) is 6.10. The van der Waals surface area contributed by atoms with Crippen molar-refractivity contribution in [1.29, 1.82) is 0 Å². The van der Waals surface area contributed by atoms with Gasteiger partial charge >= 0.3 is 0 Å². The zero-order valence-electron chi connectivity index (χ0n) is 13.2. The van der Waals surface area contributed by atoms with E-state index < -0.39 is 0 Å². The SMILES string of the molecule is CC(=O)c1cc(CN2CCC[C@@H](c3ccncn3)C2)n(C)c1. The average Bonchev–Trinajstić information content (AvgIpc) is 2.90. The fraction of sp³-hybridized carbons (Fsp3) is 0.471. The molecule has 1 atom stereocenters. The molecule has 0 aromatic carbocycles. The zero-order chi connectivity index (χ0) is 15.5. The van der Waals surface area contributed by atoms with Crippen molar-refractivity contribution < 1.29 is 4.79 Å². The predicted octanol–water partition coefficient (Wildman–Crippen LogP) is 2.40. The molecular formula is C17H22N4O. The molecule has 0 unspecified atom stereocenters. The predicted molar refractivity (Wildman–Crippen MR) is 84.7 cm³/mol. The highest BCUT2D eigenvalue weighted by Gasteiger charge is 2.23. The van der Waals surface area contributed by atoms with Gasteiger partial charge in [0.25, 0.3) is 0 Å². The molecule has 0 N–H and O–H groups in total. The van der Waals surface area contributed by atoms with Gasteiger partial charge in [-0.15, -0.1) is 0 Å². The molecule has 2 aromatic rings. The van der Waals surface area contributed by atoms with E-state index in [0.29, 0.717) is 5.92 Å². The summed E-state index contributed by atoms with van der Waals surface area (Å²) in [5, 5.41) is 0. The lowest BCUT2D eigenvalue weighted by atomic mass is 9.94. The lowest BCUT2D eigenvalue weighted by Gasteiger charge is -2.32. The lowest BCUT2D eigenvalue weighted by molar-refractivity contribution is 0.101. The number of carbonyl (C=O) groups excluding carboxylic acids is 1. The van der Waals surface area contributed by atoms with Crippen molar-refractivity contribution in [2.45, 2.75) is 32.2 Å². The van der Waals surface area contributed by atoms with Crippen LogP contribution in [0.5, 0.6) is 0 Å². The van der Waals surface area contributed by atoms with Gasteiger partial charge in [-0.1, -0.05) is 0 Å². The van der Waals surface area contributed by atoms with Crippen LogP contribution in [0.4, 0.5) is 0 Å². The van der Waals surface area contributed by atoms with Gasteiger partial charge in [-0.25, -0.2) is 9.97 Å². The second kappa shape index (κ2) is 6.40. The molecule has 3 rings (SSSR count). The van der Waals surface area contributed by atoms with Crippen molar-refractivity contribution in [1.82, 2.24) is 19.4 Å². The molecule has 0 bridgehead atoms. The zero-order valence-corrected chi connectivity index (χ0v) is 13.2. The first-order valence-electron chi connectivity index (χ1n) is 7.78. The Hall–Kier alpha value is -2.01. The Labute approximate surface area is 131 Å². The fourth-order valence-electron chi connectivity index (χ4n) is 3.17. The number of aromatic nitrogens is 3. The molecule has 1 fully saturated rings. The van der Waals surface area contributed by atoms with Crippen molar-refractivity contribution >= 4 is 5.78 Å². The number of carbonyl (C=O) groups is 1. The Balaban J connectivity index is 1.69. The van der Waals surface area contributed by atoms with Gasteiger partial charge in [0.1, 0.15) is 6.33 Å². The monoisotopic (exact) mass is 298 g/mol. The average molecular weight is 298 g/mol. The maximum atomic E-state index is 11.5. The second-order valence-corrected chi connectivity index (χ2v) is 6.10. The molecule has 0 aliphatic carbocycles. The molecule has 0 spiro atoms. The normalized spacial score (nSPS) is 19.3. The number of ketones is 1. The maximum absolute atomic E-state index is 11.5. The standard InChI is InChI=1S/C17H22N4O/c1-13(22)15-8-16(20(2)9-15)11-21-7-3-4-14(10-21)17-5-6-18-12-19-17/h5-6,8-9,12,14H,3-4,7,10-11H2,1-2H3/t14-/m1/s1. The lowest BCUT2D eigenvalue weighted by Crippen LogP contribution is -2.34. The van der Waals surface area contributed by atoms with Gasteiger partial charge in [0, 0.05) is 55.4 Å². The first-order chi connectivity index (χ1) is 10.6. The third-order valence-corrected chi connectivity index (χ3v) is 4.43. The van der Waals surface area contributed by atoms with E-state index in [0.717, 1.165) is 30.9 Å². The molecular weight excluding hydrogens is 276 g/mol. The number of likely N-dealkylation sites (tertiary alicyclic amines) is 1. The van der Waals surface area contributed by atoms with Crippen molar-refractivity contribution in [3.05, 3.63) is 47.8 Å². The Kier molecular flexibility index (Phi) is 4.34. The van der Waals surface area contributed by atoms with Crippen molar-refractivity contribution in [2.75, 3.05) is 13.1 Å². The summed E-state index contributed by atoms with van der Waals surface area (Å²) in [6.07, 6.45) is 7.73. The van der Waals surface area contributed by atoms with Gasteiger partial charge in [-0.3, -0.25) is 9.69 Å². The van der Waals surface area contributed by atoms with Crippen LogP contribution in [0.2, 0.25) is 0 Å². The van der Waals surface area contributed by atoms with E-state index >= 15 is 0 Å². The summed E-state index contributed by atoms with van der Waals surface area (Å²) in [4.78, 5) is 22.4. The van der Waals surface area contributed by atoms with Gasteiger partial charge in [0.15, 0.2) is 5.78 Å². The quantitative estimate of drug-likeness (QED) is 0.813. The molecule has 2 aromatic heterocycles.